The minimum Gasteiger partial charge on any atom is -0.312 e. The Labute approximate surface area is 108 Å². The van der Waals surface area contributed by atoms with Crippen LogP contribution in [-0.2, 0) is 13.0 Å². The summed E-state index contributed by atoms with van der Waals surface area (Å²) in [7, 11) is 0. The van der Waals surface area contributed by atoms with Gasteiger partial charge in [-0.1, -0.05) is 13.8 Å². The summed E-state index contributed by atoms with van der Waals surface area (Å²) >= 11 is 1.88. The van der Waals surface area contributed by atoms with Crippen molar-refractivity contribution in [2.45, 2.75) is 39.8 Å². The molecule has 0 bridgehead atoms. The molecule has 1 aliphatic rings. The standard InChI is InChI=1S/C13H23N3S/c1-10(2)6-13-15-7-12(17-13)9-16-5-4-14-11(3)8-16/h7,10-11,14H,4-6,8-9H2,1-3H3/t11-/m0/s1. The van der Waals surface area contributed by atoms with Crippen molar-refractivity contribution in [3.8, 4) is 0 Å². The lowest BCUT2D eigenvalue weighted by Crippen LogP contribution is -2.48. The lowest BCUT2D eigenvalue weighted by molar-refractivity contribution is 0.201. The molecule has 0 unspecified atom stereocenters. The lowest BCUT2D eigenvalue weighted by atomic mass is 10.1. The summed E-state index contributed by atoms with van der Waals surface area (Å²) in [6.45, 7) is 11.2. The summed E-state index contributed by atoms with van der Waals surface area (Å²) in [4.78, 5) is 8.45. The number of piperazine rings is 1. The van der Waals surface area contributed by atoms with E-state index in [4.69, 9.17) is 0 Å². The molecule has 96 valence electrons. The fraction of sp³-hybridized carbons (Fsp3) is 0.769. The van der Waals surface area contributed by atoms with Crippen molar-refractivity contribution in [3.05, 3.63) is 16.1 Å². The molecule has 0 amide bonds. The third kappa shape index (κ3) is 4.05. The third-order valence-electron chi connectivity index (χ3n) is 3.02. The molecule has 17 heavy (non-hydrogen) atoms. The highest BCUT2D eigenvalue weighted by atomic mass is 32.1. The maximum absolute atomic E-state index is 4.52. The largest absolute Gasteiger partial charge is 0.312 e. The highest BCUT2D eigenvalue weighted by Crippen LogP contribution is 2.18. The van der Waals surface area contributed by atoms with E-state index in [1.165, 1.54) is 9.88 Å². The van der Waals surface area contributed by atoms with Gasteiger partial charge >= 0.3 is 0 Å². The van der Waals surface area contributed by atoms with Gasteiger partial charge in [0.05, 0.1) is 5.01 Å². The maximum atomic E-state index is 4.52. The van der Waals surface area contributed by atoms with E-state index in [2.05, 4.69) is 42.2 Å². The number of nitrogens with zero attached hydrogens (tertiary/aromatic N) is 2. The Bertz CT molecular complexity index is 348. The second kappa shape index (κ2) is 5.94. The summed E-state index contributed by atoms with van der Waals surface area (Å²) in [5, 5.41) is 4.77. The van der Waals surface area contributed by atoms with E-state index in [0.717, 1.165) is 32.6 Å². The zero-order valence-electron chi connectivity index (χ0n) is 11.1. The van der Waals surface area contributed by atoms with Crippen molar-refractivity contribution in [2.75, 3.05) is 19.6 Å². The number of nitrogens with one attached hydrogen (secondary N) is 1. The Morgan fingerprint density at radius 3 is 3.12 bits per heavy atom. The van der Waals surface area contributed by atoms with Crippen LogP contribution in [0.15, 0.2) is 6.20 Å². The van der Waals surface area contributed by atoms with Crippen molar-refractivity contribution in [1.29, 1.82) is 0 Å². The predicted molar refractivity (Wildman–Crippen MR) is 73.4 cm³/mol. The molecule has 0 spiro atoms. The molecule has 2 rings (SSSR count). The molecule has 1 saturated heterocycles. The molecule has 1 aliphatic heterocycles. The van der Waals surface area contributed by atoms with Crippen molar-refractivity contribution in [3.63, 3.8) is 0 Å². The molecule has 1 aromatic heterocycles. The van der Waals surface area contributed by atoms with Gasteiger partial charge in [0.15, 0.2) is 0 Å². The minimum absolute atomic E-state index is 0.617. The molecule has 2 heterocycles. The fourth-order valence-electron chi connectivity index (χ4n) is 2.24. The van der Waals surface area contributed by atoms with E-state index in [1.807, 2.05) is 11.3 Å². The van der Waals surface area contributed by atoms with Gasteiger partial charge in [0.1, 0.15) is 0 Å². The molecular weight excluding hydrogens is 230 g/mol. The number of rotatable bonds is 4. The Morgan fingerprint density at radius 2 is 2.41 bits per heavy atom. The monoisotopic (exact) mass is 253 g/mol. The number of aromatic nitrogens is 1. The molecular formula is C13H23N3S. The van der Waals surface area contributed by atoms with Crippen LogP contribution in [0.1, 0.15) is 30.7 Å². The average Bonchev–Trinajstić information content (AvgIpc) is 2.64. The van der Waals surface area contributed by atoms with E-state index in [-0.39, 0.29) is 0 Å². The van der Waals surface area contributed by atoms with Crippen molar-refractivity contribution < 1.29 is 0 Å². The first-order chi connectivity index (χ1) is 8.13. The topological polar surface area (TPSA) is 28.2 Å². The van der Waals surface area contributed by atoms with Gasteiger partial charge in [-0.2, -0.15) is 0 Å². The average molecular weight is 253 g/mol. The Balaban J connectivity index is 1.87. The first-order valence-corrected chi connectivity index (χ1v) is 7.34. The summed E-state index contributed by atoms with van der Waals surface area (Å²) in [6, 6.07) is 0.617. The fourth-order valence-corrected chi connectivity index (χ4v) is 3.42. The molecule has 1 fully saturated rings. The van der Waals surface area contributed by atoms with Crippen LogP contribution in [0.2, 0.25) is 0 Å². The summed E-state index contributed by atoms with van der Waals surface area (Å²) in [5.74, 6) is 0.702. The predicted octanol–water partition coefficient (Wildman–Crippen LogP) is 2.14. The Kier molecular flexibility index (Phi) is 4.54. The minimum atomic E-state index is 0.617. The van der Waals surface area contributed by atoms with Crippen LogP contribution in [0.4, 0.5) is 0 Å². The van der Waals surface area contributed by atoms with Gasteiger partial charge in [-0.15, -0.1) is 11.3 Å². The highest BCUT2D eigenvalue weighted by molar-refractivity contribution is 7.11. The smallest absolute Gasteiger partial charge is 0.0930 e. The lowest BCUT2D eigenvalue weighted by Gasteiger charge is -2.31. The second-order valence-corrected chi connectivity index (χ2v) is 6.61. The quantitative estimate of drug-likeness (QED) is 0.891. The highest BCUT2D eigenvalue weighted by Gasteiger charge is 2.16. The molecule has 0 radical (unpaired) electrons. The van der Waals surface area contributed by atoms with Gasteiger partial charge in [-0.05, 0) is 12.8 Å². The van der Waals surface area contributed by atoms with E-state index in [9.17, 15) is 0 Å². The third-order valence-corrected chi connectivity index (χ3v) is 4.02. The van der Waals surface area contributed by atoms with Crippen LogP contribution in [0.3, 0.4) is 0 Å². The van der Waals surface area contributed by atoms with Crippen molar-refractivity contribution in [2.24, 2.45) is 5.92 Å². The molecule has 4 heteroatoms. The Hall–Kier alpha value is -0.450. The van der Waals surface area contributed by atoms with Crippen molar-refractivity contribution in [1.82, 2.24) is 15.2 Å². The zero-order valence-corrected chi connectivity index (χ0v) is 11.9. The van der Waals surface area contributed by atoms with Crippen LogP contribution in [0.5, 0.6) is 0 Å². The summed E-state index contributed by atoms with van der Waals surface area (Å²) < 4.78 is 0. The number of hydrogen-bond donors (Lipinski definition) is 1. The molecule has 1 atom stereocenters. The van der Waals surface area contributed by atoms with Gasteiger partial charge < -0.3 is 5.32 Å². The van der Waals surface area contributed by atoms with Gasteiger partial charge in [-0.3, -0.25) is 4.90 Å². The van der Waals surface area contributed by atoms with Gasteiger partial charge in [0.25, 0.3) is 0 Å². The zero-order chi connectivity index (χ0) is 12.3. The van der Waals surface area contributed by atoms with E-state index in [0.29, 0.717) is 12.0 Å². The molecule has 1 aromatic rings. The molecule has 0 saturated carbocycles. The SMILES string of the molecule is CC(C)Cc1ncc(CN2CCN[C@@H](C)C2)s1. The molecule has 0 aromatic carbocycles. The van der Waals surface area contributed by atoms with E-state index in [1.54, 1.807) is 0 Å². The van der Waals surface area contributed by atoms with Gasteiger partial charge in [0, 0.05) is 49.7 Å². The van der Waals surface area contributed by atoms with E-state index >= 15 is 0 Å². The van der Waals surface area contributed by atoms with Crippen molar-refractivity contribution >= 4 is 11.3 Å². The Morgan fingerprint density at radius 1 is 1.59 bits per heavy atom. The van der Waals surface area contributed by atoms with Crippen LogP contribution < -0.4 is 5.32 Å². The summed E-state index contributed by atoms with van der Waals surface area (Å²) in [6.07, 6.45) is 3.18. The second-order valence-electron chi connectivity index (χ2n) is 5.41. The molecule has 0 aliphatic carbocycles. The van der Waals surface area contributed by atoms with Gasteiger partial charge in [0.2, 0.25) is 0 Å². The van der Waals surface area contributed by atoms with Crippen LogP contribution in [0, 0.1) is 5.92 Å². The van der Waals surface area contributed by atoms with Crippen LogP contribution in [-0.4, -0.2) is 35.6 Å². The number of hydrogen-bond acceptors (Lipinski definition) is 4. The van der Waals surface area contributed by atoms with Gasteiger partial charge in [-0.25, -0.2) is 4.98 Å². The normalized spacial score (nSPS) is 22.2. The molecule has 3 nitrogen and oxygen atoms in total. The summed E-state index contributed by atoms with van der Waals surface area (Å²) in [5.41, 5.74) is 0. The number of thiazole rings is 1. The first kappa shape index (κ1) is 13.0. The van der Waals surface area contributed by atoms with E-state index < -0.39 is 0 Å². The first-order valence-electron chi connectivity index (χ1n) is 6.53. The maximum Gasteiger partial charge on any atom is 0.0930 e. The van der Waals surface area contributed by atoms with Crippen LogP contribution in [0.25, 0.3) is 0 Å². The molecule has 1 N–H and O–H groups in total. The van der Waals surface area contributed by atoms with Crippen LogP contribution >= 0.6 is 11.3 Å².